The number of piperidine rings is 1. The molecule has 0 radical (unpaired) electrons. The fourth-order valence-corrected chi connectivity index (χ4v) is 4.88. The van der Waals surface area contributed by atoms with E-state index in [9.17, 15) is 8.42 Å². The Morgan fingerprint density at radius 2 is 1.66 bits per heavy atom. The zero-order valence-electron chi connectivity index (χ0n) is 20.1. The molecule has 0 amide bonds. The summed E-state index contributed by atoms with van der Waals surface area (Å²) in [7, 11) is -2.09. The molecule has 0 aliphatic carbocycles. The first kappa shape index (κ1) is 24.7. The van der Waals surface area contributed by atoms with E-state index in [1.807, 2.05) is 37.3 Å². The highest BCUT2D eigenvalue weighted by Gasteiger charge is 2.16. The molecule has 1 aromatic heterocycles. The van der Waals surface area contributed by atoms with Crippen molar-refractivity contribution in [3.8, 4) is 5.75 Å². The van der Waals surface area contributed by atoms with E-state index in [2.05, 4.69) is 25.2 Å². The van der Waals surface area contributed by atoms with Gasteiger partial charge in [0.05, 0.1) is 12.0 Å². The number of nitrogens with zero attached hydrogens (tertiary/aromatic N) is 3. The Morgan fingerprint density at radius 1 is 0.943 bits per heavy atom. The topological polar surface area (TPSA) is 108 Å². The minimum absolute atomic E-state index is 0.186. The molecule has 0 bridgehead atoms. The largest absolute Gasteiger partial charge is 0.497 e. The standard InChI is InChI=1S/C25H32N6O3S/c1-19-6-8-20(9-7-19)28-23-18-24(31-16-4-3-5-17-31)30-25(29-23)26-14-15-27-35(32,33)22-12-10-21(34-2)11-13-22/h6-13,18,27H,3-5,14-17H2,1-2H3,(H2,26,28,29,30). The zero-order chi connectivity index (χ0) is 24.7. The van der Waals surface area contributed by atoms with Gasteiger partial charge in [0.1, 0.15) is 17.4 Å². The van der Waals surface area contributed by atoms with Crippen LogP contribution in [0, 0.1) is 6.92 Å². The van der Waals surface area contributed by atoms with E-state index in [0.29, 0.717) is 24.1 Å². The molecule has 1 fully saturated rings. The summed E-state index contributed by atoms with van der Waals surface area (Å²) in [6.45, 7) is 4.49. The van der Waals surface area contributed by atoms with Gasteiger partial charge in [0.25, 0.3) is 0 Å². The van der Waals surface area contributed by atoms with Crippen LogP contribution in [0.2, 0.25) is 0 Å². The second-order valence-electron chi connectivity index (χ2n) is 8.47. The number of aromatic nitrogens is 2. The molecule has 4 rings (SSSR count). The van der Waals surface area contributed by atoms with Crippen molar-refractivity contribution in [3.05, 3.63) is 60.2 Å². The predicted octanol–water partition coefficient (Wildman–Crippen LogP) is 3.92. The Bertz CT molecular complexity index is 1210. The van der Waals surface area contributed by atoms with Crippen molar-refractivity contribution in [1.29, 1.82) is 0 Å². The lowest BCUT2D eigenvalue weighted by Crippen LogP contribution is -2.31. The average Bonchev–Trinajstić information content (AvgIpc) is 2.88. The molecule has 186 valence electrons. The highest BCUT2D eigenvalue weighted by molar-refractivity contribution is 7.89. The molecule has 0 unspecified atom stereocenters. The molecule has 1 aliphatic rings. The minimum Gasteiger partial charge on any atom is -0.497 e. The average molecular weight is 497 g/mol. The number of aryl methyl sites for hydroxylation is 1. The van der Waals surface area contributed by atoms with Crippen LogP contribution in [0.3, 0.4) is 0 Å². The second-order valence-corrected chi connectivity index (χ2v) is 10.2. The lowest BCUT2D eigenvalue weighted by Gasteiger charge is -2.28. The Balaban J connectivity index is 1.42. The van der Waals surface area contributed by atoms with Gasteiger partial charge in [0.2, 0.25) is 16.0 Å². The minimum atomic E-state index is -3.62. The maximum absolute atomic E-state index is 12.6. The van der Waals surface area contributed by atoms with E-state index in [1.165, 1.54) is 31.2 Å². The summed E-state index contributed by atoms with van der Waals surface area (Å²) in [4.78, 5) is 11.8. The zero-order valence-corrected chi connectivity index (χ0v) is 20.9. The fraction of sp³-hybridized carbons (Fsp3) is 0.360. The van der Waals surface area contributed by atoms with Crippen LogP contribution in [0.25, 0.3) is 0 Å². The molecule has 2 heterocycles. The van der Waals surface area contributed by atoms with Crippen molar-refractivity contribution >= 4 is 33.3 Å². The third kappa shape index (κ3) is 6.83. The van der Waals surface area contributed by atoms with E-state index in [0.717, 1.165) is 37.4 Å². The summed E-state index contributed by atoms with van der Waals surface area (Å²) >= 11 is 0. The van der Waals surface area contributed by atoms with Gasteiger partial charge in [-0.15, -0.1) is 0 Å². The molecule has 3 N–H and O–H groups in total. The quantitative estimate of drug-likeness (QED) is 0.363. The molecule has 10 heteroatoms. The molecule has 1 aliphatic heterocycles. The van der Waals surface area contributed by atoms with Gasteiger partial charge in [-0.25, -0.2) is 13.1 Å². The van der Waals surface area contributed by atoms with Crippen LogP contribution in [-0.2, 0) is 10.0 Å². The Morgan fingerprint density at radius 3 is 2.34 bits per heavy atom. The van der Waals surface area contributed by atoms with E-state index in [1.54, 1.807) is 12.1 Å². The number of nitrogens with one attached hydrogen (secondary N) is 3. The van der Waals surface area contributed by atoms with Crippen LogP contribution >= 0.6 is 0 Å². The van der Waals surface area contributed by atoms with Crippen molar-refractivity contribution in [3.63, 3.8) is 0 Å². The number of hydrogen-bond acceptors (Lipinski definition) is 8. The molecule has 2 aromatic carbocycles. The number of anilines is 4. The summed E-state index contributed by atoms with van der Waals surface area (Å²) in [5.41, 5.74) is 2.13. The van der Waals surface area contributed by atoms with Crippen molar-refractivity contribution in [2.45, 2.75) is 31.1 Å². The number of hydrogen-bond donors (Lipinski definition) is 3. The van der Waals surface area contributed by atoms with Crippen LogP contribution in [-0.4, -0.2) is 51.7 Å². The molecule has 35 heavy (non-hydrogen) atoms. The highest BCUT2D eigenvalue weighted by atomic mass is 32.2. The lowest BCUT2D eigenvalue weighted by molar-refractivity contribution is 0.414. The summed E-state index contributed by atoms with van der Waals surface area (Å²) < 4.78 is 32.8. The molecule has 0 spiro atoms. The lowest BCUT2D eigenvalue weighted by atomic mass is 10.1. The number of methoxy groups -OCH3 is 1. The van der Waals surface area contributed by atoms with Gasteiger partial charge in [-0.3, -0.25) is 0 Å². The van der Waals surface area contributed by atoms with Gasteiger partial charge in [0.15, 0.2) is 0 Å². The molecule has 9 nitrogen and oxygen atoms in total. The van der Waals surface area contributed by atoms with Gasteiger partial charge in [-0.2, -0.15) is 9.97 Å². The Labute approximate surface area is 207 Å². The monoisotopic (exact) mass is 496 g/mol. The van der Waals surface area contributed by atoms with E-state index < -0.39 is 10.0 Å². The fourth-order valence-electron chi connectivity index (χ4n) is 3.85. The Kier molecular flexibility index (Phi) is 8.04. The number of benzene rings is 2. The third-order valence-corrected chi connectivity index (χ3v) is 7.26. The normalized spacial score (nSPS) is 13.9. The maximum Gasteiger partial charge on any atom is 0.240 e. The second kappa shape index (κ2) is 11.4. The van der Waals surface area contributed by atoms with Gasteiger partial charge in [-0.05, 0) is 62.6 Å². The SMILES string of the molecule is COc1ccc(S(=O)(=O)NCCNc2nc(Nc3ccc(C)cc3)cc(N3CCCCC3)n2)cc1. The van der Waals surface area contributed by atoms with Crippen LogP contribution in [0.15, 0.2) is 59.5 Å². The van der Waals surface area contributed by atoms with Gasteiger partial charge < -0.3 is 20.3 Å². The van der Waals surface area contributed by atoms with E-state index in [4.69, 9.17) is 9.72 Å². The smallest absolute Gasteiger partial charge is 0.240 e. The van der Waals surface area contributed by atoms with Crippen LogP contribution in [0.4, 0.5) is 23.3 Å². The molecular weight excluding hydrogens is 464 g/mol. The predicted molar refractivity (Wildman–Crippen MR) is 139 cm³/mol. The molecule has 0 atom stereocenters. The maximum atomic E-state index is 12.6. The first-order valence-electron chi connectivity index (χ1n) is 11.8. The third-order valence-electron chi connectivity index (χ3n) is 5.79. The highest BCUT2D eigenvalue weighted by Crippen LogP contribution is 2.24. The molecule has 0 saturated carbocycles. The Hall–Kier alpha value is -3.37. The van der Waals surface area contributed by atoms with Gasteiger partial charge >= 0.3 is 0 Å². The summed E-state index contributed by atoms with van der Waals surface area (Å²) in [5.74, 6) is 2.60. The number of sulfonamides is 1. The molecular formula is C25H32N6O3S. The summed E-state index contributed by atoms with van der Waals surface area (Å²) in [5, 5.41) is 6.52. The van der Waals surface area contributed by atoms with Crippen molar-refractivity contribution < 1.29 is 13.2 Å². The van der Waals surface area contributed by atoms with Crippen LogP contribution in [0.5, 0.6) is 5.75 Å². The van der Waals surface area contributed by atoms with E-state index >= 15 is 0 Å². The number of rotatable bonds is 10. The summed E-state index contributed by atoms with van der Waals surface area (Å²) in [6.07, 6.45) is 3.51. The number of ether oxygens (including phenoxy) is 1. The van der Waals surface area contributed by atoms with E-state index in [-0.39, 0.29) is 11.4 Å². The first-order chi connectivity index (χ1) is 16.9. The molecule has 1 saturated heterocycles. The van der Waals surface area contributed by atoms with Gasteiger partial charge in [0, 0.05) is 37.9 Å². The summed E-state index contributed by atoms with van der Waals surface area (Å²) in [6, 6.07) is 16.4. The van der Waals surface area contributed by atoms with Crippen LogP contribution < -0.4 is 25.0 Å². The molecule has 3 aromatic rings. The first-order valence-corrected chi connectivity index (χ1v) is 13.3. The van der Waals surface area contributed by atoms with Crippen molar-refractivity contribution in [2.24, 2.45) is 0 Å². The van der Waals surface area contributed by atoms with Crippen LogP contribution in [0.1, 0.15) is 24.8 Å². The van der Waals surface area contributed by atoms with Crippen molar-refractivity contribution in [1.82, 2.24) is 14.7 Å². The van der Waals surface area contributed by atoms with Gasteiger partial charge in [-0.1, -0.05) is 17.7 Å². The van der Waals surface area contributed by atoms with Crippen molar-refractivity contribution in [2.75, 3.05) is 48.8 Å².